The second-order valence-corrected chi connectivity index (χ2v) is 2.28. The van der Waals surface area contributed by atoms with Crippen molar-refractivity contribution in [3.8, 4) is 0 Å². The Morgan fingerprint density at radius 2 is 1.70 bits per heavy atom. The quantitative estimate of drug-likeness (QED) is 0.459. The van der Waals surface area contributed by atoms with Crippen molar-refractivity contribution in [3.05, 3.63) is 10.4 Å². The molecule has 6 heteroatoms. The Bertz CT molecular complexity index is 238. The summed E-state index contributed by atoms with van der Waals surface area (Å²) in [6.07, 6.45) is 0. The minimum atomic E-state index is -0.00306. The fourth-order valence-corrected chi connectivity index (χ4v) is 0.827. The van der Waals surface area contributed by atoms with E-state index in [0.29, 0.717) is 0 Å². The lowest BCUT2D eigenvalue weighted by Crippen LogP contribution is -2.00. The van der Waals surface area contributed by atoms with Crippen LogP contribution in [0.15, 0.2) is 0 Å². The summed E-state index contributed by atoms with van der Waals surface area (Å²) in [4.78, 5) is 7.11. The molecule has 10 heavy (non-hydrogen) atoms. The van der Waals surface area contributed by atoms with Crippen molar-refractivity contribution in [2.45, 2.75) is 0 Å². The third-order valence-electron chi connectivity index (χ3n) is 0.901. The number of rotatable bonds is 0. The number of halogens is 2. The molecule has 4 N–H and O–H groups in total. The van der Waals surface area contributed by atoms with Gasteiger partial charge in [0.25, 0.3) is 0 Å². The molecular formula is C4H4Cl2N4. The first-order valence-electron chi connectivity index (χ1n) is 2.35. The summed E-state index contributed by atoms with van der Waals surface area (Å²) in [7, 11) is 0. The van der Waals surface area contributed by atoms with E-state index >= 15 is 0 Å². The van der Waals surface area contributed by atoms with Crippen molar-refractivity contribution < 1.29 is 0 Å². The molecule has 0 spiro atoms. The first-order chi connectivity index (χ1) is 4.61. The van der Waals surface area contributed by atoms with E-state index in [1.165, 1.54) is 0 Å². The van der Waals surface area contributed by atoms with Crippen LogP contribution in [0, 0.1) is 0 Å². The largest absolute Gasteiger partial charge is 0.393 e. The standard InChI is InChI=1S/C4H4Cl2N4/c5-2-1(7)3(8)10-4(6)9-2/h7H2,(H2,8,9,10). The molecule has 4 nitrogen and oxygen atoms in total. The average molecular weight is 179 g/mol. The minimum Gasteiger partial charge on any atom is -0.393 e. The summed E-state index contributed by atoms with van der Waals surface area (Å²) in [5.74, 6) is 0.102. The molecule has 0 aromatic carbocycles. The van der Waals surface area contributed by atoms with Gasteiger partial charge in [0.15, 0.2) is 11.0 Å². The molecule has 0 fully saturated rings. The Hall–Kier alpha value is -0.740. The number of nitrogens with two attached hydrogens (primary N) is 2. The SMILES string of the molecule is Nc1nc(Cl)nc(Cl)c1N. The van der Waals surface area contributed by atoms with Crippen molar-refractivity contribution >= 4 is 34.7 Å². The van der Waals surface area contributed by atoms with Crippen LogP contribution >= 0.6 is 23.2 Å². The molecular weight excluding hydrogens is 175 g/mol. The zero-order chi connectivity index (χ0) is 7.72. The highest BCUT2D eigenvalue weighted by atomic mass is 35.5. The molecule has 1 heterocycles. The van der Waals surface area contributed by atoms with E-state index in [9.17, 15) is 0 Å². The van der Waals surface area contributed by atoms with Gasteiger partial charge in [-0.05, 0) is 11.6 Å². The van der Waals surface area contributed by atoms with Gasteiger partial charge in [-0.2, -0.15) is 4.98 Å². The van der Waals surface area contributed by atoms with Crippen LogP contribution in [0.25, 0.3) is 0 Å². The first kappa shape index (κ1) is 7.37. The Labute approximate surface area is 67.2 Å². The monoisotopic (exact) mass is 178 g/mol. The van der Waals surface area contributed by atoms with E-state index in [0.717, 1.165) is 0 Å². The fourth-order valence-electron chi connectivity index (χ4n) is 0.432. The van der Waals surface area contributed by atoms with Crippen molar-refractivity contribution in [3.63, 3.8) is 0 Å². The summed E-state index contributed by atoms with van der Waals surface area (Å²) >= 11 is 10.9. The van der Waals surface area contributed by atoms with Crippen LogP contribution in [0.1, 0.15) is 0 Å². The molecule has 0 saturated carbocycles. The zero-order valence-electron chi connectivity index (χ0n) is 4.81. The predicted molar refractivity (Wildman–Crippen MR) is 40.9 cm³/mol. The third kappa shape index (κ3) is 1.22. The van der Waals surface area contributed by atoms with E-state index in [1.54, 1.807) is 0 Å². The van der Waals surface area contributed by atoms with Gasteiger partial charge in [-0.15, -0.1) is 0 Å². The molecule has 1 aromatic heterocycles. The molecule has 0 radical (unpaired) electrons. The number of aromatic nitrogens is 2. The van der Waals surface area contributed by atoms with Crippen LogP contribution in [0.4, 0.5) is 11.5 Å². The van der Waals surface area contributed by atoms with E-state index in [1.807, 2.05) is 0 Å². The first-order valence-corrected chi connectivity index (χ1v) is 3.11. The molecule has 0 bridgehead atoms. The average Bonchev–Trinajstić information content (AvgIpc) is 1.82. The van der Waals surface area contributed by atoms with Gasteiger partial charge < -0.3 is 11.5 Å². The molecule has 0 aliphatic carbocycles. The van der Waals surface area contributed by atoms with Crippen LogP contribution in [-0.4, -0.2) is 9.97 Å². The van der Waals surface area contributed by atoms with Gasteiger partial charge >= 0.3 is 0 Å². The van der Waals surface area contributed by atoms with Crippen molar-refractivity contribution in [1.82, 2.24) is 9.97 Å². The van der Waals surface area contributed by atoms with E-state index in [2.05, 4.69) is 9.97 Å². The summed E-state index contributed by atoms with van der Waals surface area (Å²) in [5, 5.41) is 0.0780. The molecule has 1 aromatic rings. The van der Waals surface area contributed by atoms with Gasteiger partial charge in [-0.3, -0.25) is 0 Å². The molecule has 0 atom stereocenters. The number of hydrogen-bond acceptors (Lipinski definition) is 4. The number of anilines is 2. The van der Waals surface area contributed by atoms with Gasteiger partial charge in [0.2, 0.25) is 5.28 Å². The van der Waals surface area contributed by atoms with Crippen LogP contribution in [0.2, 0.25) is 10.4 Å². The van der Waals surface area contributed by atoms with Gasteiger partial charge in [-0.25, -0.2) is 4.98 Å². The second-order valence-electron chi connectivity index (χ2n) is 1.58. The Morgan fingerprint density at radius 3 is 2.20 bits per heavy atom. The topological polar surface area (TPSA) is 77.8 Å². The molecule has 0 aliphatic rings. The van der Waals surface area contributed by atoms with E-state index < -0.39 is 0 Å². The summed E-state index contributed by atoms with van der Waals surface area (Å²) < 4.78 is 0. The van der Waals surface area contributed by atoms with Gasteiger partial charge in [0, 0.05) is 0 Å². The Morgan fingerprint density at radius 1 is 1.10 bits per heavy atom. The second kappa shape index (κ2) is 2.48. The fraction of sp³-hybridized carbons (Fsp3) is 0. The molecule has 0 amide bonds. The van der Waals surface area contributed by atoms with Gasteiger partial charge in [0.1, 0.15) is 5.69 Å². The lowest BCUT2D eigenvalue weighted by atomic mass is 10.5. The summed E-state index contributed by atoms with van der Waals surface area (Å²) in [6, 6.07) is 0. The summed E-state index contributed by atoms with van der Waals surface area (Å²) in [6.45, 7) is 0. The van der Waals surface area contributed by atoms with Gasteiger partial charge in [-0.1, -0.05) is 11.6 Å². The lowest BCUT2D eigenvalue weighted by molar-refractivity contribution is 1.18. The Kier molecular flexibility index (Phi) is 1.82. The lowest BCUT2D eigenvalue weighted by Gasteiger charge is -1.99. The predicted octanol–water partition coefficient (Wildman–Crippen LogP) is 0.948. The maximum absolute atomic E-state index is 5.48. The van der Waals surface area contributed by atoms with Crippen molar-refractivity contribution in [2.75, 3.05) is 11.5 Å². The highest BCUT2D eigenvalue weighted by Crippen LogP contribution is 2.21. The van der Waals surface area contributed by atoms with E-state index in [4.69, 9.17) is 34.7 Å². The van der Waals surface area contributed by atoms with Crippen molar-refractivity contribution in [1.29, 1.82) is 0 Å². The maximum Gasteiger partial charge on any atom is 0.225 e. The summed E-state index contributed by atoms with van der Waals surface area (Å²) in [5.41, 5.74) is 10.7. The normalized spacial score (nSPS) is 9.80. The molecule has 54 valence electrons. The Balaban J connectivity index is 3.31. The van der Waals surface area contributed by atoms with Crippen LogP contribution in [-0.2, 0) is 0 Å². The molecule has 0 saturated heterocycles. The highest BCUT2D eigenvalue weighted by Gasteiger charge is 2.04. The molecule has 0 aliphatic heterocycles. The number of hydrogen-bond donors (Lipinski definition) is 2. The minimum absolute atomic E-state index is 0.00306. The molecule has 0 unspecified atom stereocenters. The van der Waals surface area contributed by atoms with E-state index in [-0.39, 0.29) is 21.9 Å². The van der Waals surface area contributed by atoms with Crippen molar-refractivity contribution in [2.24, 2.45) is 0 Å². The number of nitrogen functional groups attached to an aromatic ring is 2. The number of nitrogens with zero attached hydrogens (tertiary/aromatic N) is 2. The smallest absolute Gasteiger partial charge is 0.225 e. The van der Waals surface area contributed by atoms with Crippen LogP contribution in [0.3, 0.4) is 0 Å². The highest BCUT2D eigenvalue weighted by molar-refractivity contribution is 6.34. The van der Waals surface area contributed by atoms with Crippen LogP contribution < -0.4 is 11.5 Å². The zero-order valence-corrected chi connectivity index (χ0v) is 6.32. The maximum atomic E-state index is 5.48. The van der Waals surface area contributed by atoms with Crippen LogP contribution in [0.5, 0.6) is 0 Å². The third-order valence-corrected chi connectivity index (χ3v) is 1.36. The van der Waals surface area contributed by atoms with Gasteiger partial charge in [0.05, 0.1) is 0 Å². The molecule has 1 rings (SSSR count).